The van der Waals surface area contributed by atoms with E-state index >= 15 is 0 Å². The van der Waals surface area contributed by atoms with E-state index in [1.54, 1.807) is 0 Å². The molecule has 0 atom stereocenters. The highest BCUT2D eigenvalue weighted by Crippen LogP contribution is 2.11. The Hall–Kier alpha value is -0.530. The lowest BCUT2D eigenvalue weighted by Gasteiger charge is -2.20. The molecule has 24 heavy (non-hydrogen) atoms. The number of halogens is 1. The molecule has 1 aromatic rings. The fraction of sp³-hybridized carbons (Fsp3) is 0.727. The van der Waals surface area contributed by atoms with Gasteiger partial charge in [-0.05, 0) is 57.3 Å². The molecule has 0 bridgehead atoms. The largest absolute Gasteiger partial charge is 0.303 e. The third-order valence-electron chi connectivity index (χ3n) is 4.61. The van der Waals surface area contributed by atoms with Gasteiger partial charge in [-0.2, -0.15) is 0 Å². The summed E-state index contributed by atoms with van der Waals surface area (Å²) in [5.41, 5.74) is 1.50. The molecule has 0 aromatic heterocycles. The van der Waals surface area contributed by atoms with Crippen molar-refractivity contribution in [3.63, 3.8) is 0 Å². The minimum atomic E-state index is 0. The number of rotatable bonds is 15. The fourth-order valence-electron chi connectivity index (χ4n) is 3.34. The Kier molecular flexibility index (Phi) is 16.9. The fourth-order valence-corrected chi connectivity index (χ4v) is 3.34. The first kappa shape index (κ1) is 23.5. The SMILES string of the molecule is CCCN(CCC)CCCCCCCCCCc1ccccc1.Cl. The molecule has 0 saturated heterocycles. The van der Waals surface area contributed by atoms with Gasteiger partial charge in [-0.25, -0.2) is 0 Å². The van der Waals surface area contributed by atoms with Gasteiger partial charge in [0.15, 0.2) is 0 Å². The van der Waals surface area contributed by atoms with Gasteiger partial charge < -0.3 is 4.90 Å². The van der Waals surface area contributed by atoms with E-state index in [0.29, 0.717) is 0 Å². The highest BCUT2D eigenvalue weighted by Gasteiger charge is 2.01. The summed E-state index contributed by atoms with van der Waals surface area (Å²) in [6.07, 6.45) is 15.1. The van der Waals surface area contributed by atoms with Crippen molar-refractivity contribution in [2.75, 3.05) is 19.6 Å². The molecule has 0 saturated carbocycles. The molecular formula is C22H40ClN. The van der Waals surface area contributed by atoms with Gasteiger partial charge in [-0.1, -0.05) is 82.7 Å². The van der Waals surface area contributed by atoms with Crippen LogP contribution in [0.1, 0.15) is 83.6 Å². The molecule has 0 radical (unpaired) electrons. The van der Waals surface area contributed by atoms with Gasteiger partial charge in [0.25, 0.3) is 0 Å². The van der Waals surface area contributed by atoms with Crippen LogP contribution in [0.4, 0.5) is 0 Å². The topological polar surface area (TPSA) is 3.24 Å². The van der Waals surface area contributed by atoms with Crippen LogP contribution in [0.5, 0.6) is 0 Å². The average Bonchev–Trinajstić information content (AvgIpc) is 2.58. The van der Waals surface area contributed by atoms with Crippen LogP contribution in [-0.2, 0) is 6.42 Å². The van der Waals surface area contributed by atoms with Crippen LogP contribution in [0.2, 0.25) is 0 Å². The van der Waals surface area contributed by atoms with Gasteiger partial charge in [0.1, 0.15) is 0 Å². The molecule has 1 aromatic carbocycles. The lowest BCUT2D eigenvalue weighted by atomic mass is 10.0. The minimum absolute atomic E-state index is 0. The zero-order chi connectivity index (χ0) is 16.6. The summed E-state index contributed by atoms with van der Waals surface area (Å²) in [5.74, 6) is 0. The van der Waals surface area contributed by atoms with Crippen LogP contribution in [0.3, 0.4) is 0 Å². The van der Waals surface area contributed by atoms with E-state index in [-0.39, 0.29) is 12.4 Å². The maximum atomic E-state index is 2.64. The number of hydrogen-bond acceptors (Lipinski definition) is 1. The molecule has 0 aliphatic carbocycles. The Labute approximate surface area is 157 Å². The highest BCUT2D eigenvalue weighted by molar-refractivity contribution is 5.85. The zero-order valence-electron chi connectivity index (χ0n) is 16.1. The summed E-state index contributed by atoms with van der Waals surface area (Å²) in [6.45, 7) is 8.48. The second kappa shape index (κ2) is 17.3. The van der Waals surface area contributed by atoms with Crippen molar-refractivity contribution < 1.29 is 0 Å². The van der Waals surface area contributed by atoms with E-state index in [9.17, 15) is 0 Å². The van der Waals surface area contributed by atoms with Gasteiger partial charge in [-0.3, -0.25) is 0 Å². The van der Waals surface area contributed by atoms with Crippen LogP contribution in [-0.4, -0.2) is 24.5 Å². The Balaban J connectivity index is 0.00000529. The predicted octanol–water partition coefficient (Wildman–Crippen LogP) is 6.89. The Bertz CT molecular complexity index is 346. The normalized spacial score (nSPS) is 10.8. The van der Waals surface area contributed by atoms with Gasteiger partial charge in [-0.15, -0.1) is 12.4 Å². The smallest absolute Gasteiger partial charge is 0.00187 e. The molecule has 0 N–H and O–H groups in total. The number of hydrogen-bond donors (Lipinski definition) is 0. The lowest BCUT2D eigenvalue weighted by molar-refractivity contribution is 0.267. The molecule has 0 amide bonds. The summed E-state index contributed by atoms with van der Waals surface area (Å²) < 4.78 is 0. The van der Waals surface area contributed by atoms with E-state index < -0.39 is 0 Å². The molecule has 0 aliphatic heterocycles. The van der Waals surface area contributed by atoms with Crippen molar-refractivity contribution in [1.29, 1.82) is 0 Å². The van der Waals surface area contributed by atoms with Crippen molar-refractivity contribution >= 4 is 12.4 Å². The zero-order valence-corrected chi connectivity index (χ0v) is 17.0. The number of aryl methyl sites for hydroxylation is 1. The quantitative estimate of drug-likeness (QED) is 0.310. The first-order valence-electron chi connectivity index (χ1n) is 10.1. The molecule has 0 spiro atoms. The van der Waals surface area contributed by atoms with Crippen LogP contribution >= 0.6 is 12.4 Å². The third kappa shape index (κ3) is 12.8. The summed E-state index contributed by atoms with van der Waals surface area (Å²) in [5, 5.41) is 0. The van der Waals surface area contributed by atoms with Crippen LogP contribution in [0, 0.1) is 0 Å². The van der Waals surface area contributed by atoms with Gasteiger partial charge in [0, 0.05) is 0 Å². The molecule has 0 aliphatic rings. The molecule has 0 unspecified atom stereocenters. The molecule has 0 heterocycles. The second-order valence-corrected chi connectivity index (χ2v) is 6.91. The maximum absolute atomic E-state index is 2.64. The van der Waals surface area contributed by atoms with Gasteiger partial charge in [0.05, 0.1) is 0 Å². The molecule has 140 valence electrons. The van der Waals surface area contributed by atoms with Crippen LogP contribution < -0.4 is 0 Å². The van der Waals surface area contributed by atoms with Crippen LogP contribution in [0.15, 0.2) is 30.3 Å². The minimum Gasteiger partial charge on any atom is -0.303 e. The summed E-state index contributed by atoms with van der Waals surface area (Å²) in [7, 11) is 0. The van der Waals surface area contributed by atoms with Gasteiger partial charge >= 0.3 is 0 Å². The Morgan fingerprint density at radius 1 is 0.625 bits per heavy atom. The molecule has 1 rings (SSSR count). The summed E-state index contributed by atoms with van der Waals surface area (Å²) in [6, 6.07) is 10.9. The Morgan fingerprint density at radius 3 is 1.67 bits per heavy atom. The number of nitrogens with zero attached hydrogens (tertiary/aromatic N) is 1. The number of unbranched alkanes of at least 4 members (excludes halogenated alkanes) is 7. The van der Waals surface area contributed by atoms with E-state index in [0.717, 1.165) is 0 Å². The van der Waals surface area contributed by atoms with Crippen LogP contribution in [0.25, 0.3) is 0 Å². The molecule has 0 fully saturated rings. The average molecular weight is 354 g/mol. The molecular weight excluding hydrogens is 314 g/mol. The predicted molar refractivity (Wildman–Crippen MR) is 111 cm³/mol. The van der Waals surface area contributed by atoms with Crippen molar-refractivity contribution in [1.82, 2.24) is 4.90 Å². The summed E-state index contributed by atoms with van der Waals surface area (Å²) >= 11 is 0. The highest BCUT2D eigenvalue weighted by atomic mass is 35.5. The Morgan fingerprint density at radius 2 is 1.12 bits per heavy atom. The lowest BCUT2D eigenvalue weighted by Crippen LogP contribution is -2.26. The van der Waals surface area contributed by atoms with E-state index in [4.69, 9.17) is 0 Å². The first-order chi connectivity index (χ1) is 11.4. The van der Waals surface area contributed by atoms with Crippen molar-refractivity contribution in [3.05, 3.63) is 35.9 Å². The summed E-state index contributed by atoms with van der Waals surface area (Å²) in [4.78, 5) is 2.64. The second-order valence-electron chi connectivity index (χ2n) is 6.91. The maximum Gasteiger partial charge on any atom is -0.00187 e. The van der Waals surface area contributed by atoms with E-state index in [2.05, 4.69) is 49.1 Å². The van der Waals surface area contributed by atoms with Crippen molar-refractivity contribution in [2.45, 2.75) is 84.5 Å². The molecule has 2 heteroatoms. The van der Waals surface area contributed by atoms with Gasteiger partial charge in [0.2, 0.25) is 0 Å². The standard InChI is InChI=1S/C22H39N.ClH/c1-3-19-23(20-4-2)21-15-10-8-6-5-7-9-12-16-22-17-13-11-14-18-22;/h11,13-14,17-18H,3-10,12,15-16,19-21H2,1-2H3;1H. The first-order valence-corrected chi connectivity index (χ1v) is 10.1. The number of benzene rings is 1. The molecule has 1 nitrogen and oxygen atoms in total. The van der Waals surface area contributed by atoms with E-state index in [1.807, 2.05) is 0 Å². The monoisotopic (exact) mass is 353 g/mol. The van der Waals surface area contributed by atoms with Crippen molar-refractivity contribution in [3.8, 4) is 0 Å². The van der Waals surface area contributed by atoms with E-state index in [1.165, 1.54) is 95.8 Å². The van der Waals surface area contributed by atoms with Crippen molar-refractivity contribution in [2.24, 2.45) is 0 Å². The third-order valence-corrected chi connectivity index (χ3v) is 4.61.